The van der Waals surface area contributed by atoms with Crippen LogP contribution >= 0.6 is 0 Å². The minimum atomic E-state index is -4.84. The predicted molar refractivity (Wildman–Crippen MR) is 108 cm³/mol. The minimum absolute atomic E-state index is 0.0232. The standard InChI is InChI=1S/C23H16F6N2O3/c1-34-21(33)15-5-2-4-14(12-15)20(32)31-18(13-7-9-16(10-8-13)22(24,25)26)19-17(23(27,28)29)6-3-11-30-19/h2-12,18H,1H3,(H,31,32). The van der Waals surface area contributed by atoms with Crippen molar-refractivity contribution in [2.75, 3.05) is 7.11 Å². The van der Waals surface area contributed by atoms with E-state index in [1.54, 1.807) is 0 Å². The molecule has 5 nitrogen and oxygen atoms in total. The number of hydrogen-bond donors (Lipinski definition) is 1. The van der Waals surface area contributed by atoms with Gasteiger partial charge >= 0.3 is 18.3 Å². The van der Waals surface area contributed by atoms with Crippen LogP contribution in [0.15, 0.2) is 66.9 Å². The summed E-state index contributed by atoms with van der Waals surface area (Å²) in [6.07, 6.45) is -8.43. The quantitative estimate of drug-likeness (QED) is 0.389. The van der Waals surface area contributed by atoms with Gasteiger partial charge in [0.15, 0.2) is 0 Å². The monoisotopic (exact) mass is 482 g/mol. The summed E-state index contributed by atoms with van der Waals surface area (Å²) in [5, 5.41) is 2.39. The molecule has 1 heterocycles. The molecule has 1 unspecified atom stereocenters. The number of nitrogens with zero attached hydrogens (tertiary/aromatic N) is 1. The Morgan fingerprint density at radius 1 is 0.882 bits per heavy atom. The van der Waals surface area contributed by atoms with Crippen LogP contribution in [0.2, 0.25) is 0 Å². The number of hydrogen-bond acceptors (Lipinski definition) is 4. The number of amides is 1. The molecule has 2 aromatic carbocycles. The fourth-order valence-corrected chi connectivity index (χ4v) is 3.18. The number of carbonyl (C=O) groups is 2. The molecule has 0 fully saturated rings. The van der Waals surface area contributed by atoms with Crippen molar-refractivity contribution in [3.05, 3.63) is 100 Å². The Labute approximate surface area is 189 Å². The van der Waals surface area contributed by atoms with E-state index < -0.39 is 47.1 Å². The average Bonchev–Trinajstić information content (AvgIpc) is 2.81. The fraction of sp³-hybridized carbons (Fsp3) is 0.174. The molecular formula is C23H16F6N2O3. The molecule has 178 valence electrons. The van der Waals surface area contributed by atoms with Crippen LogP contribution in [0, 0.1) is 0 Å². The number of nitrogens with one attached hydrogen (secondary N) is 1. The van der Waals surface area contributed by atoms with Crippen LogP contribution in [0.3, 0.4) is 0 Å². The number of carbonyl (C=O) groups excluding carboxylic acids is 2. The van der Waals surface area contributed by atoms with E-state index in [0.29, 0.717) is 12.1 Å². The van der Waals surface area contributed by atoms with Gasteiger partial charge in [-0.25, -0.2) is 4.79 Å². The molecule has 0 bridgehead atoms. The van der Waals surface area contributed by atoms with Gasteiger partial charge in [-0.05, 0) is 48.0 Å². The van der Waals surface area contributed by atoms with Gasteiger partial charge in [0.25, 0.3) is 5.91 Å². The Morgan fingerprint density at radius 3 is 2.12 bits per heavy atom. The van der Waals surface area contributed by atoms with Crippen molar-refractivity contribution in [2.45, 2.75) is 18.4 Å². The summed E-state index contributed by atoms with van der Waals surface area (Å²) in [4.78, 5) is 28.4. The van der Waals surface area contributed by atoms with E-state index in [2.05, 4.69) is 15.0 Å². The molecule has 34 heavy (non-hydrogen) atoms. The van der Waals surface area contributed by atoms with E-state index in [0.717, 1.165) is 37.6 Å². The van der Waals surface area contributed by atoms with Gasteiger partial charge in [-0.1, -0.05) is 18.2 Å². The molecule has 1 atom stereocenters. The van der Waals surface area contributed by atoms with E-state index in [1.807, 2.05) is 0 Å². The van der Waals surface area contributed by atoms with Gasteiger partial charge < -0.3 is 10.1 Å². The summed E-state index contributed by atoms with van der Waals surface area (Å²) in [5.74, 6) is -1.62. The van der Waals surface area contributed by atoms with Crippen molar-refractivity contribution in [3.8, 4) is 0 Å². The van der Waals surface area contributed by atoms with Gasteiger partial charge in [0.1, 0.15) is 0 Å². The third-order valence-electron chi connectivity index (χ3n) is 4.81. The zero-order valence-corrected chi connectivity index (χ0v) is 17.4. The Bertz CT molecular complexity index is 1190. The molecule has 3 aromatic rings. The van der Waals surface area contributed by atoms with Crippen LogP contribution < -0.4 is 5.32 Å². The van der Waals surface area contributed by atoms with Crippen LogP contribution in [0.5, 0.6) is 0 Å². The Balaban J connectivity index is 2.07. The maximum atomic E-state index is 13.6. The summed E-state index contributed by atoms with van der Waals surface area (Å²) in [5.41, 5.74) is -2.89. The molecule has 3 rings (SSSR count). The van der Waals surface area contributed by atoms with Crippen LogP contribution in [0.1, 0.15) is 49.1 Å². The molecule has 0 radical (unpaired) electrons. The normalized spacial score (nSPS) is 12.7. The van der Waals surface area contributed by atoms with E-state index in [4.69, 9.17) is 0 Å². The van der Waals surface area contributed by atoms with Crippen molar-refractivity contribution in [2.24, 2.45) is 0 Å². The molecule has 0 saturated carbocycles. The number of rotatable bonds is 5. The third kappa shape index (κ3) is 5.53. The molecule has 0 spiro atoms. The lowest BCUT2D eigenvalue weighted by atomic mass is 9.97. The van der Waals surface area contributed by atoms with E-state index in [1.165, 1.54) is 24.3 Å². The van der Waals surface area contributed by atoms with Crippen LogP contribution in [0.4, 0.5) is 26.3 Å². The second-order valence-electron chi connectivity index (χ2n) is 7.03. The van der Waals surface area contributed by atoms with Crippen molar-refractivity contribution in [3.63, 3.8) is 0 Å². The highest BCUT2D eigenvalue weighted by Gasteiger charge is 2.37. The van der Waals surface area contributed by atoms with Gasteiger partial charge in [0.05, 0.1) is 35.5 Å². The predicted octanol–water partition coefficient (Wildman–Crippen LogP) is 5.43. The van der Waals surface area contributed by atoms with Crippen molar-refractivity contribution in [1.29, 1.82) is 0 Å². The molecule has 11 heteroatoms. The summed E-state index contributed by atoms with van der Waals surface area (Å²) < 4.78 is 84.4. The molecule has 0 aliphatic heterocycles. The SMILES string of the molecule is COC(=O)c1cccc(C(=O)NC(c2ccc(C(F)(F)F)cc2)c2ncccc2C(F)(F)F)c1. The number of ether oxygens (including phenoxy) is 1. The highest BCUT2D eigenvalue weighted by Crippen LogP contribution is 2.36. The maximum Gasteiger partial charge on any atom is 0.418 e. The molecule has 0 aliphatic rings. The summed E-state index contributed by atoms with van der Waals surface area (Å²) in [6, 6.07) is 8.82. The highest BCUT2D eigenvalue weighted by atomic mass is 19.4. The lowest BCUT2D eigenvalue weighted by molar-refractivity contribution is -0.139. The van der Waals surface area contributed by atoms with Crippen molar-refractivity contribution in [1.82, 2.24) is 10.3 Å². The average molecular weight is 482 g/mol. The summed E-state index contributed by atoms with van der Waals surface area (Å²) in [7, 11) is 1.13. The van der Waals surface area contributed by atoms with Gasteiger partial charge in [0.2, 0.25) is 0 Å². The third-order valence-corrected chi connectivity index (χ3v) is 4.81. The molecular weight excluding hydrogens is 466 g/mol. The van der Waals surface area contributed by atoms with Crippen LogP contribution in [-0.4, -0.2) is 24.0 Å². The molecule has 0 saturated heterocycles. The first-order chi connectivity index (χ1) is 15.9. The molecule has 0 aliphatic carbocycles. The zero-order valence-electron chi connectivity index (χ0n) is 17.4. The first-order valence-electron chi connectivity index (χ1n) is 9.60. The van der Waals surface area contributed by atoms with Gasteiger partial charge in [0, 0.05) is 11.8 Å². The fourth-order valence-electron chi connectivity index (χ4n) is 3.18. The van der Waals surface area contributed by atoms with Crippen LogP contribution in [-0.2, 0) is 17.1 Å². The second kappa shape index (κ2) is 9.54. The first-order valence-corrected chi connectivity index (χ1v) is 9.60. The Kier molecular flexibility index (Phi) is 6.94. The number of methoxy groups -OCH3 is 1. The number of halogens is 6. The van der Waals surface area contributed by atoms with Crippen LogP contribution in [0.25, 0.3) is 0 Å². The number of alkyl halides is 6. The van der Waals surface area contributed by atoms with E-state index >= 15 is 0 Å². The van der Waals surface area contributed by atoms with Crippen molar-refractivity contribution < 1.29 is 40.7 Å². The largest absolute Gasteiger partial charge is 0.465 e. The number of pyridine rings is 1. The van der Waals surface area contributed by atoms with E-state index in [-0.39, 0.29) is 16.7 Å². The van der Waals surface area contributed by atoms with Gasteiger partial charge in [-0.2, -0.15) is 26.3 Å². The van der Waals surface area contributed by atoms with Gasteiger partial charge in [-0.15, -0.1) is 0 Å². The molecule has 1 N–H and O–H groups in total. The summed E-state index contributed by atoms with van der Waals surface area (Å²) in [6.45, 7) is 0. The first kappa shape index (κ1) is 24.7. The zero-order chi connectivity index (χ0) is 25.1. The smallest absolute Gasteiger partial charge is 0.418 e. The second-order valence-corrected chi connectivity index (χ2v) is 7.03. The number of aromatic nitrogens is 1. The maximum absolute atomic E-state index is 13.6. The number of esters is 1. The Morgan fingerprint density at radius 2 is 1.53 bits per heavy atom. The summed E-state index contributed by atoms with van der Waals surface area (Å²) >= 11 is 0. The molecule has 1 aromatic heterocycles. The highest BCUT2D eigenvalue weighted by molar-refractivity contribution is 5.98. The molecule has 1 amide bonds. The lowest BCUT2D eigenvalue weighted by Gasteiger charge is -2.23. The van der Waals surface area contributed by atoms with Crippen molar-refractivity contribution >= 4 is 11.9 Å². The van der Waals surface area contributed by atoms with Gasteiger partial charge in [-0.3, -0.25) is 9.78 Å². The number of benzene rings is 2. The topological polar surface area (TPSA) is 68.3 Å². The lowest BCUT2D eigenvalue weighted by Crippen LogP contribution is -2.32. The minimum Gasteiger partial charge on any atom is -0.465 e. The Hall–Kier alpha value is -3.89. The van der Waals surface area contributed by atoms with E-state index in [9.17, 15) is 35.9 Å².